The van der Waals surface area contributed by atoms with Crippen LogP contribution in [0, 0.1) is 0 Å². The molecule has 0 atom stereocenters. The summed E-state index contributed by atoms with van der Waals surface area (Å²) in [6.07, 6.45) is 0. The van der Waals surface area contributed by atoms with Gasteiger partial charge in [-0.1, -0.05) is 34.1 Å². The fraction of sp³-hybridized carbons (Fsp3) is 0. The number of hydrogen-bond donors (Lipinski definition) is 2. The second kappa shape index (κ2) is 4.63. The number of halogens is 1. The van der Waals surface area contributed by atoms with Crippen molar-refractivity contribution in [1.82, 2.24) is 0 Å². The highest BCUT2D eigenvalue weighted by Gasteiger charge is 2.05. The predicted molar refractivity (Wildman–Crippen MR) is 83.7 cm³/mol. The fourth-order valence-electron chi connectivity index (χ4n) is 1.87. The lowest BCUT2D eigenvalue weighted by Gasteiger charge is -2.08. The Bertz CT molecular complexity index is 706. The first-order valence-electron chi connectivity index (χ1n) is 5.52. The molecule has 3 rings (SSSR count). The number of fused-ring (bicyclic) bond motifs is 1. The van der Waals surface area contributed by atoms with Crippen molar-refractivity contribution in [3.63, 3.8) is 0 Å². The van der Waals surface area contributed by atoms with Crippen molar-refractivity contribution in [3.05, 3.63) is 52.3 Å². The van der Waals surface area contributed by atoms with Crippen molar-refractivity contribution < 1.29 is 0 Å². The molecule has 3 N–H and O–H groups in total. The normalized spacial score (nSPS) is 10.7. The van der Waals surface area contributed by atoms with Crippen LogP contribution in [0.2, 0.25) is 0 Å². The summed E-state index contributed by atoms with van der Waals surface area (Å²) in [5.41, 5.74) is 8.76. The van der Waals surface area contributed by atoms with Crippen LogP contribution in [0.15, 0.2) is 52.3 Å². The van der Waals surface area contributed by atoms with Gasteiger partial charge in [0.15, 0.2) is 0 Å². The Morgan fingerprint density at radius 1 is 1.06 bits per heavy atom. The second-order valence-electron chi connectivity index (χ2n) is 4.00. The SMILES string of the molecule is Nc1cc(Br)ccc1Nc1csc2ccccc12. The van der Waals surface area contributed by atoms with Gasteiger partial charge in [0, 0.05) is 19.9 Å². The summed E-state index contributed by atoms with van der Waals surface area (Å²) in [5.74, 6) is 0. The van der Waals surface area contributed by atoms with Gasteiger partial charge in [-0.05, 0) is 24.3 Å². The third-order valence-corrected chi connectivity index (χ3v) is 4.22. The molecule has 0 saturated heterocycles. The molecule has 2 nitrogen and oxygen atoms in total. The van der Waals surface area contributed by atoms with Gasteiger partial charge in [0.25, 0.3) is 0 Å². The summed E-state index contributed by atoms with van der Waals surface area (Å²) < 4.78 is 2.26. The van der Waals surface area contributed by atoms with Crippen LogP contribution in [0.25, 0.3) is 10.1 Å². The Balaban J connectivity index is 2.01. The van der Waals surface area contributed by atoms with Gasteiger partial charge in [-0.15, -0.1) is 11.3 Å². The minimum atomic E-state index is 0.736. The van der Waals surface area contributed by atoms with Crippen LogP contribution < -0.4 is 11.1 Å². The quantitative estimate of drug-likeness (QED) is 0.653. The van der Waals surface area contributed by atoms with Crippen molar-refractivity contribution in [2.24, 2.45) is 0 Å². The minimum Gasteiger partial charge on any atom is -0.397 e. The lowest BCUT2D eigenvalue weighted by molar-refractivity contribution is 1.57. The van der Waals surface area contributed by atoms with Crippen LogP contribution in [0.4, 0.5) is 17.1 Å². The Labute approximate surface area is 118 Å². The summed E-state index contributed by atoms with van der Waals surface area (Å²) in [6, 6.07) is 14.2. The molecule has 0 aliphatic rings. The van der Waals surface area contributed by atoms with E-state index in [-0.39, 0.29) is 0 Å². The Morgan fingerprint density at radius 3 is 2.72 bits per heavy atom. The number of thiophene rings is 1. The molecule has 0 unspecified atom stereocenters. The third-order valence-electron chi connectivity index (χ3n) is 2.76. The molecule has 1 heterocycles. The van der Waals surface area contributed by atoms with E-state index in [2.05, 4.69) is 44.8 Å². The molecule has 0 saturated carbocycles. The van der Waals surface area contributed by atoms with E-state index in [1.54, 1.807) is 11.3 Å². The number of nitrogen functional groups attached to an aromatic ring is 1. The highest BCUT2D eigenvalue weighted by molar-refractivity contribution is 9.10. The van der Waals surface area contributed by atoms with E-state index in [0.29, 0.717) is 0 Å². The van der Waals surface area contributed by atoms with Crippen molar-refractivity contribution >= 4 is 54.4 Å². The molecule has 18 heavy (non-hydrogen) atoms. The topological polar surface area (TPSA) is 38.0 Å². The van der Waals surface area contributed by atoms with E-state index in [9.17, 15) is 0 Å². The first-order valence-corrected chi connectivity index (χ1v) is 7.19. The summed E-state index contributed by atoms with van der Waals surface area (Å²) in [6.45, 7) is 0. The molecule has 0 radical (unpaired) electrons. The van der Waals surface area contributed by atoms with E-state index in [0.717, 1.165) is 21.5 Å². The van der Waals surface area contributed by atoms with Crippen molar-refractivity contribution in [3.8, 4) is 0 Å². The molecule has 0 spiro atoms. The van der Waals surface area contributed by atoms with Crippen molar-refractivity contribution in [1.29, 1.82) is 0 Å². The zero-order chi connectivity index (χ0) is 12.5. The molecule has 0 fully saturated rings. The summed E-state index contributed by atoms with van der Waals surface area (Å²) in [4.78, 5) is 0. The number of anilines is 3. The van der Waals surface area contributed by atoms with Gasteiger partial charge in [0.1, 0.15) is 0 Å². The first kappa shape index (κ1) is 11.6. The first-order chi connectivity index (χ1) is 8.74. The van der Waals surface area contributed by atoms with Crippen LogP contribution >= 0.6 is 27.3 Å². The van der Waals surface area contributed by atoms with Crippen LogP contribution in [0.1, 0.15) is 0 Å². The summed E-state index contributed by atoms with van der Waals surface area (Å²) in [7, 11) is 0. The highest BCUT2D eigenvalue weighted by Crippen LogP contribution is 2.34. The van der Waals surface area contributed by atoms with Crippen LogP contribution in [-0.2, 0) is 0 Å². The highest BCUT2D eigenvalue weighted by atomic mass is 79.9. The van der Waals surface area contributed by atoms with Gasteiger partial charge in [-0.3, -0.25) is 0 Å². The monoisotopic (exact) mass is 318 g/mol. The molecule has 0 aliphatic carbocycles. The molecule has 0 aliphatic heterocycles. The lowest BCUT2D eigenvalue weighted by atomic mass is 10.2. The Kier molecular flexibility index (Phi) is 2.97. The molecule has 4 heteroatoms. The van der Waals surface area contributed by atoms with Crippen LogP contribution in [0.3, 0.4) is 0 Å². The van der Waals surface area contributed by atoms with Crippen LogP contribution in [0.5, 0.6) is 0 Å². The molecular weight excluding hydrogens is 308 g/mol. The maximum Gasteiger partial charge on any atom is 0.0619 e. The number of benzene rings is 2. The maximum absolute atomic E-state index is 5.99. The average Bonchev–Trinajstić information content (AvgIpc) is 2.76. The summed E-state index contributed by atoms with van der Waals surface area (Å²) in [5, 5.41) is 6.73. The summed E-state index contributed by atoms with van der Waals surface area (Å²) >= 11 is 5.14. The fourth-order valence-corrected chi connectivity index (χ4v) is 3.14. The van der Waals surface area contributed by atoms with E-state index in [4.69, 9.17) is 5.73 Å². The largest absolute Gasteiger partial charge is 0.397 e. The lowest BCUT2D eigenvalue weighted by Crippen LogP contribution is -1.95. The molecule has 90 valence electrons. The predicted octanol–water partition coefficient (Wildman–Crippen LogP) is 4.99. The third kappa shape index (κ3) is 2.09. The second-order valence-corrected chi connectivity index (χ2v) is 5.83. The Morgan fingerprint density at radius 2 is 1.89 bits per heavy atom. The van der Waals surface area contributed by atoms with Gasteiger partial charge in [0.05, 0.1) is 17.1 Å². The zero-order valence-corrected chi connectivity index (χ0v) is 11.9. The minimum absolute atomic E-state index is 0.736. The van der Waals surface area contributed by atoms with Gasteiger partial charge in [-0.25, -0.2) is 0 Å². The number of rotatable bonds is 2. The van der Waals surface area contributed by atoms with E-state index < -0.39 is 0 Å². The number of hydrogen-bond acceptors (Lipinski definition) is 3. The molecule has 0 bridgehead atoms. The zero-order valence-electron chi connectivity index (χ0n) is 9.48. The number of nitrogens with two attached hydrogens (primary N) is 1. The number of nitrogens with one attached hydrogen (secondary N) is 1. The van der Waals surface area contributed by atoms with Gasteiger partial charge in [0.2, 0.25) is 0 Å². The maximum atomic E-state index is 5.99. The van der Waals surface area contributed by atoms with E-state index >= 15 is 0 Å². The van der Waals surface area contributed by atoms with E-state index in [1.165, 1.54) is 10.1 Å². The van der Waals surface area contributed by atoms with Crippen molar-refractivity contribution in [2.45, 2.75) is 0 Å². The molecule has 3 aromatic rings. The molecular formula is C14H11BrN2S. The molecule has 1 aromatic heterocycles. The van der Waals surface area contributed by atoms with E-state index in [1.807, 2.05) is 24.3 Å². The van der Waals surface area contributed by atoms with Gasteiger partial charge in [-0.2, -0.15) is 0 Å². The standard InChI is InChI=1S/C14H11BrN2S/c15-9-5-6-12(11(16)7-9)17-13-8-18-14-4-2-1-3-10(13)14/h1-8,17H,16H2. The molecule has 2 aromatic carbocycles. The van der Waals surface area contributed by atoms with Crippen LogP contribution in [-0.4, -0.2) is 0 Å². The Hall–Kier alpha value is -1.52. The van der Waals surface area contributed by atoms with Crippen molar-refractivity contribution in [2.75, 3.05) is 11.1 Å². The molecule has 0 amide bonds. The smallest absolute Gasteiger partial charge is 0.0619 e. The average molecular weight is 319 g/mol. The van der Waals surface area contributed by atoms with Gasteiger partial charge >= 0.3 is 0 Å². The van der Waals surface area contributed by atoms with Gasteiger partial charge < -0.3 is 11.1 Å².